The summed E-state index contributed by atoms with van der Waals surface area (Å²) in [5.74, 6) is -0.732. The third kappa shape index (κ3) is 2.98. The fourth-order valence-electron chi connectivity index (χ4n) is 1.28. The summed E-state index contributed by atoms with van der Waals surface area (Å²) in [4.78, 5) is 23.1. The number of carbonyl (C=O) groups excluding carboxylic acids is 1. The van der Waals surface area contributed by atoms with Crippen molar-refractivity contribution in [2.75, 3.05) is 5.32 Å². The normalized spacial score (nSPS) is 10.2. The van der Waals surface area contributed by atoms with Gasteiger partial charge in [0.2, 0.25) is 5.28 Å². The number of pyridine rings is 1. The highest BCUT2D eigenvalue weighted by Crippen LogP contribution is 2.09. The number of hydrogen-bond donors (Lipinski definition) is 1. The minimum atomic E-state index is -0.485. The van der Waals surface area contributed by atoms with Crippen LogP contribution in [0, 0.1) is 12.7 Å². The lowest BCUT2D eigenvalue weighted by atomic mass is 10.3. The molecule has 0 fully saturated rings. The molecule has 7 heteroatoms. The highest BCUT2D eigenvalue weighted by atomic mass is 35.5. The molecule has 0 saturated carbocycles. The van der Waals surface area contributed by atoms with E-state index in [0.29, 0.717) is 5.69 Å². The number of nitrogens with zero attached hydrogens (tertiary/aromatic N) is 3. The van der Waals surface area contributed by atoms with E-state index in [1.54, 1.807) is 6.92 Å². The van der Waals surface area contributed by atoms with E-state index >= 15 is 0 Å². The Morgan fingerprint density at radius 1 is 1.39 bits per heavy atom. The predicted octanol–water partition coefficient (Wildman–Crippen LogP) is 2.22. The number of nitrogens with one attached hydrogen (secondary N) is 1. The molecule has 2 aromatic rings. The van der Waals surface area contributed by atoms with Crippen LogP contribution in [0.1, 0.15) is 16.2 Å². The first-order valence-electron chi connectivity index (χ1n) is 4.99. The number of hydrogen-bond acceptors (Lipinski definition) is 4. The average Bonchev–Trinajstić information content (AvgIpc) is 2.31. The van der Waals surface area contributed by atoms with Gasteiger partial charge in [-0.1, -0.05) is 0 Å². The molecule has 18 heavy (non-hydrogen) atoms. The lowest BCUT2D eigenvalue weighted by Gasteiger charge is -2.04. The SMILES string of the molecule is Cc1cc(C(=O)Nc2ccc(F)cn2)nc(Cl)n1. The first-order chi connectivity index (χ1) is 8.54. The minimum absolute atomic E-state index is 0.00721. The molecule has 2 aromatic heterocycles. The molecule has 1 N–H and O–H groups in total. The molecule has 2 heterocycles. The zero-order chi connectivity index (χ0) is 13.1. The van der Waals surface area contributed by atoms with E-state index in [9.17, 15) is 9.18 Å². The maximum Gasteiger partial charge on any atom is 0.275 e. The van der Waals surface area contributed by atoms with Gasteiger partial charge in [-0.15, -0.1) is 0 Å². The second-order valence-electron chi connectivity index (χ2n) is 3.48. The molecular formula is C11H8ClFN4O. The Morgan fingerprint density at radius 3 is 2.78 bits per heavy atom. The summed E-state index contributed by atoms with van der Waals surface area (Å²) in [5, 5.41) is 2.47. The van der Waals surface area contributed by atoms with Crippen molar-refractivity contribution in [3.63, 3.8) is 0 Å². The Hall–Kier alpha value is -2.08. The van der Waals surface area contributed by atoms with Gasteiger partial charge in [0.25, 0.3) is 5.91 Å². The monoisotopic (exact) mass is 266 g/mol. The van der Waals surface area contributed by atoms with Gasteiger partial charge in [0.15, 0.2) is 0 Å². The molecule has 0 aromatic carbocycles. The van der Waals surface area contributed by atoms with E-state index in [0.717, 1.165) is 6.20 Å². The molecule has 5 nitrogen and oxygen atoms in total. The van der Waals surface area contributed by atoms with Crippen molar-refractivity contribution in [3.8, 4) is 0 Å². The van der Waals surface area contributed by atoms with E-state index in [4.69, 9.17) is 11.6 Å². The van der Waals surface area contributed by atoms with E-state index < -0.39 is 11.7 Å². The van der Waals surface area contributed by atoms with Crippen molar-refractivity contribution in [1.29, 1.82) is 0 Å². The van der Waals surface area contributed by atoms with Gasteiger partial charge in [-0.05, 0) is 36.7 Å². The number of anilines is 1. The van der Waals surface area contributed by atoms with Crippen LogP contribution in [-0.4, -0.2) is 20.9 Å². The molecule has 0 saturated heterocycles. The van der Waals surface area contributed by atoms with Gasteiger partial charge in [-0.25, -0.2) is 19.3 Å². The van der Waals surface area contributed by atoms with Crippen LogP contribution < -0.4 is 5.32 Å². The van der Waals surface area contributed by atoms with Gasteiger partial charge in [-0.2, -0.15) is 0 Å². The van der Waals surface area contributed by atoms with Crippen LogP contribution in [0.15, 0.2) is 24.4 Å². The molecule has 92 valence electrons. The fraction of sp³-hybridized carbons (Fsp3) is 0.0909. The molecule has 0 spiro atoms. The van der Waals surface area contributed by atoms with Crippen molar-refractivity contribution in [1.82, 2.24) is 15.0 Å². The second-order valence-corrected chi connectivity index (χ2v) is 3.82. The van der Waals surface area contributed by atoms with Crippen LogP contribution in [0.5, 0.6) is 0 Å². The minimum Gasteiger partial charge on any atom is -0.305 e. The van der Waals surface area contributed by atoms with Crippen LogP contribution >= 0.6 is 11.6 Å². The van der Waals surface area contributed by atoms with Gasteiger partial charge in [0, 0.05) is 5.69 Å². The molecular weight excluding hydrogens is 259 g/mol. The van der Waals surface area contributed by atoms with Crippen LogP contribution in [0.2, 0.25) is 5.28 Å². The van der Waals surface area contributed by atoms with E-state index in [1.807, 2.05) is 0 Å². The van der Waals surface area contributed by atoms with Gasteiger partial charge < -0.3 is 5.32 Å². The number of halogens is 2. The highest BCUT2D eigenvalue weighted by Gasteiger charge is 2.10. The van der Waals surface area contributed by atoms with Crippen molar-refractivity contribution >= 4 is 23.3 Å². The summed E-state index contributed by atoms with van der Waals surface area (Å²) in [6, 6.07) is 4.04. The standard InChI is InChI=1S/C11H8ClFN4O/c1-6-4-8(16-11(12)15-6)10(18)17-9-3-2-7(13)5-14-9/h2-5H,1H3,(H,14,17,18). The van der Waals surface area contributed by atoms with E-state index in [1.165, 1.54) is 18.2 Å². The maximum atomic E-state index is 12.6. The molecule has 0 bridgehead atoms. The van der Waals surface area contributed by atoms with Gasteiger partial charge in [-0.3, -0.25) is 4.79 Å². The lowest BCUT2D eigenvalue weighted by Crippen LogP contribution is -2.15. The smallest absolute Gasteiger partial charge is 0.275 e. The molecule has 0 atom stereocenters. The third-order valence-electron chi connectivity index (χ3n) is 2.03. The summed E-state index contributed by atoms with van der Waals surface area (Å²) < 4.78 is 12.6. The van der Waals surface area contributed by atoms with Crippen LogP contribution in [0.25, 0.3) is 0 Å². The molecule has 0 aliphatic rings. The van der Waals surface area contributed by atoms with Crippen molar-refractivity contribution < 1.29 is 9.18 Å². The van der Waals surface area contributed by atoms with Crippen molar-refractivity contribution in [2.24, 2.45) is 0 Å². The number of aromatic nitrogens is 3. The van der Waals surface area contributed by atoms with Crippen LogP contribution in [0.3, 0.4) is 0 Å². The number of carbonyl (C=O) groups is 1. The lowest BCUT2D eigenvalue weighted by molar-refractivity contribution is 0.102. The summed E-state index contributed by atoms with van der Waals surface area (Å²) >= 11 is 5.65. The first kappa shape index (κ1) is 12.4. The Bertz CT molecular complexity index is 568. The van der Waals surface area contributed by atoms with E-state index in [-0.39, 0.29) is 16.8 Å². The number of aryl methyl sites for hydroxylation is 1. The zero-order valence-electron chi connectivity index (χ0n) is 9.32. The quantitative estimate of drug-likeness (QED) is 0.847. The average molecular weight is 267 g/mol. The molecule has 0 aliphatic carbocycles. The molecule has 2 rings (SSSR count). The molecule has 0 unspecified atom stereocenters. The second kappa shape index (κ2) is 5.05. The maximum absolute atomic E-state index is 12.6. The van der Waals surface area contributed by atoms with Gasteiger partial charge >= 0.3 is 0 Å². The van der Waals surface area contributed by atoms with Crippen molar-refractivity contribution in [2.45, 2.75) is 6.92 Å². The summed E-state index contributed by atoms with van der Waals surface area (Å²) in [6.45, 7) is 1.69. The highest BCUT2D eigenvalue weighted by molar-refractivity contribution is 6.28. The number of amides is 1. The summed E-state index contributed by atoms with van der Waals surface area (Å²) in [6.07, 6.45) is 1.01. The molecule has 0 radical (unpaired) electrons. The Morgan fingerprint density at radius 2 is 2.17 bits per heavy atom. The largest absolute Gasteiger partial charge is 0.305 e. The topological polar surface area (TPSA) is 67.8 Å². The first-order valence-corrected chi connectivity index (χ1v) is 5.36. The zero-order valence-corrected chi connectivity index (χ0v) is 10.1. The van der Waals surface area contributed by atoms with Crippen LogP contribution in [0.4, 0.5) is 10.2 Å². The van der Waals surface area contributed by atoms with Crippen molar-refractivity contribution in [3.05, 3.63) is 46.9 Å². The molecule has 0 aliphatic heterocycles. The van der Waals surface area contributed by atoms with Crippen LogP contribution in [-0.2, 0) is 0 Å². The van der Waals surface area contributed by atoms with E-state index in [2.05, 4.69) is 20.3 Å². The summed E-state index contributed by atoms with van der Waals surface area (Å²) in [5.41, 5.74) is 0.700. The fourth-order valence-corrected chi connectivity index (χ4v) is 1.50. The molecule has 1 amide bonds. The summed E-state index contributed by atoms with van der Waals surface area (Å²) in [7, 11) is 0. The Kier molecular flexibility index (Phi) is 3.47. The Labute approximate surface area is 107 Å². The predicted molar refractivity (Wildman–Crippen MR) is 63.9 cm³/mol. The third-order valence-corrected chi connectivity index (χ3v) is 2.20. The number of rotatable bonds is 2. The Balaban J connectivity index is 2.19. The van der Waals surface area contributed by atoms with Gasteiger partial charge in [0.1, 0.15) is 17.3 Å². The van der Waals surface area contributed by atoms with Gasteiger partial charge in [0.05, 0.1) is 6.20 Å².